The lowest BCUT2D eigenvalue weighted by Crippen LogP contribution is -2.48. The number of nitrogens with two attached hydrogens (primary N) is 1. The lowest BCUT2D eigenvalue weighted by molar-refractivity contribution is -0.163. The first-order valence-electron chi connectivity index (χ1n) is 7.03. The summed E-state index contributed by atoms with van der Waals surface area (Å²) in [6.07, 6.45) is -2.18. The maximum Gasteiger partial charge on any atom is 0.406 e. The summed E-state index contributed by atoms with van der Waals surface area (Å²) in [6, 6.07) is 8.28. The molecule has 1 saturated carbocycles. The standard InChI is InChI=1S/C15H19F3N2O/c16-15(17,18)10-20(12-7-8-12)14(21)13(19)9-6-11-4-2-1-3-5-11/h1-5,12-13H,6-10,19H2/t13-/m0/s1. The molecular formula is C15H19F3N2O. The van der Waals surface area contributed by atoms with Gasteiger partial charge in [-0.2, -0.15) is 13.2 Å². The third-order valence-electron chi connectivity index (χ3n) is 3.52. The smallest absolute Gasteiger partial charge is 0.329 e. The quantitative estimate of drug-likeness (QED) is 0.877. The Morgan fingerprint density at radius 3 is 2.43 bits per heavy atom. The Hall–Kier alpha value is -1.56. The number of hydrogen-bond acceptors (Lipinski definition) is 2. The number of halogens is 3. The predicted octanol–water partition coefficient (Wildman–Crippen LogP) is 2.50. The Labute approximate surface area is 121 Å². The summed E-state index contributed by atoms with van der Waals surface area (Å²) in [5.74, 6) is -0.592. The molecular weight excluding hydrogens is 281 g/mol. The van der Waals surface area contributed by atoms with Gasteiger partial charge in [0.15, 0.2) is 0 Å². The van der Waals surface area contributed by atoms with Gasteiger partial charge >= 0.3 is 6.18 Å². The summed E-state index contributed by atoms with van der Waals surface area (Å²) in [7, 11) is 0. The SMILES string of the molecule is N[C@@H](CCc1ccccc1)C(=O)N(CC(F)(F)F)C1CC1. The van der Waals surface area contributed by atoms with E-state index in [-0.39, 0.29) is 6.04 Å². The molecule has 1 atom stereocenters. The van der Waals surface area contributed by atoms with Crippen molar-refractivity contribution >= 4 is 5.91 Å². The Balaban J connectivity index is 1.90. The Kier molecular flexibility index (Phi) is 4.88. The number of carbonyl (C=O) groups excluding carboxylic acids is 1. The zero-order valence-electron chi connectivity index (χ0n) is 11.6. The average molecular weight is 300 g/mol. The van der Waals surface area contributed by atoms with Gasteiger partial charge in [-0.3, -0.25) is 4.79 Å². The van der Waals surface area contributed by atoms with Crippen molar-refractivity contribution in [3.05, 3.63) is 35.9 Å². The van der Waals surface area contributed by atoms with Gasteiger partial charge in [-0.15, -0.1) is 0 Å². The van der Waals surface area contributed by atoms with Crippen LogP contribution >= 0.6 is 0 Å². The lowest BCUT2D eigenvalue weighted by atomic mass is 10.0. The van der Waals surface area contributed by atoms with Crippen LogP contribution in [0.25, 0.3) is 0 Å². The molecule has 116 valence electrons. The number of carbonyl (C=O) groups is 1. The van der Waals surface area contributed by atoms with Gasteiger partial charge in [0.25, 0.3) is 0 Å². The molecule has 0 bridgehead atoms. The molecule has 1 fully saturated rings. The van der Waals surface area contributed by atoms with Crippen LogP contribution in [0.4, 0.5) is 13.2 Å². The third kappa shape index (κ3) is 5.04. The third-order valence-corrected chi connectivity index (χ3v) is 3.52. The topological polar surface area (TPSA) is 46.3 Å². The monoisotopic (exact) mass is 300 g/mol. The molecule has 0 spiro atoms. The van der Waals surface area contributed by atoms with Gasteiger partial charge in [-0.25, -0.2) is 0 Å². The summed E-state index contributed by atoms with van der Waals surface area (Å²) >= 11 is 0. The van der Waals surface area contributed by atoms with Gasteiger partial charge < -0.3 is 10.6 Å². The van der Waals surface area contributed by atoms with Crippen LogP contribution in [0.5, 0.6) is 0 Å². The van der Waals surface area contributed by atoms with E-state index in [9.17, 15) is 18.0 Å². The largest absolute Gasteiger partial charge is 0.406 e. The molecule has 2 N–H and O–H groups in total. The molecule has 21 heavy (non-hydrogen) atoms. The van der Waals surface area contributed by atoms with Crippen molar-refractivity contribution in [3.8, 4) is 0 Å². The Bertz CT molecular complexity index is 472. The minimum Gasteiger partial charge on any atom is -0.329 e. The molecule has 0 heterocycles. The molecule has 0 radical (unpaired) electrons. The number of amides is 1. The highest BCUT2D eigenvalue weighted by molar-refractivity contribution is 5.82. The van der Waals surface area contributed by atoms with Crippen LogP contribution < -0.4 is 5.73 Å². The van der Waals surface area contributed by atoms with E-state index in [1.54, 1.807) is 0 Å². The fourth-order valence-electron chi connectivity index (χ4n) is 2.27. The number of rotatable bonds is 6. The fourth-order valence-corrected chi connectivity index (χ4v) is 2.27. The highest BCUT2D eigenvalue weighted by Gasteiger charge is 2.41. The number of nitrogens with zero attached hydrogens (tertiary/aromatic N) is 1. The van der Waals surface area contributed by atoms with E-state index < -0.39 is 24.7 Å². The zero-order valence-corrected chi connectivity index (χ0v) is 11.6. The van der Waals surface area contributed by atoms with Crippen molar-refractivity contribution in [2.24, 2.45) is 5.73 Å². The summed E-state index contributed by atoms with van der Waals surface area (Å²) < 4.78 is 37.6. The molecule has 1 amide bonds. The van der Waals surface area contributed by atoms with Gasteiger partial charge in [0.1, 0.15) is 6.54 Å². The first kappa shape index (κ1) is 15.8. The minimum atomic E-state index is -4.38. The lowest BCUT2D eigenvalue weighted by Gasteiger charge is -2.26. The van der Waals surface area contributed by atoms with Crippen LogP contribution in [0.3, 0.4) is 0 Å². The molecule has 1 aliphatic rings. The van der Waals surface area contributed by atoms with Gasteiger partial charge in [0.05, 0.1) is 6.04 Å². The maximum atomic E-state index is 12.5. The van der Waals surface area contributed by atoms with E-state index in [1.807, 2.05) is 30.3 Å². The van der Waals surface area contributed by atoms with Crippen molar-refractivity contribution < 1.29 is 18.0 Å². The van der Waals surface area contributed by atoms with Crippen LogP contribution in [0.15, 0.2) is 30.3 Å². The molecule has 1 aromatic rings. The molecule has 6 heteroatoms. The molecule has 1 aromatic carbocycles. The van der Waals surface area contributed by atoms with Crippen LogP contribution in [-0.2, 0) is 11.2 Å². The molecule has 3 nitrogen and oxygen atoms in total. The van der Waals surface area contributed by atoms with Gasteiger partial charge in [-0.1, -0.05) is 30.3 Å². The van der Waals surface area contributed by atoms with Crippen molar-refractivity contribution in [1.29, 1.82) is 0 Å². The first-order chi connectivity index (χ1) is 9.87. The molecule has 0 saturated heterocycles. The van der Waals surface area contributed by atoms with Crippen LogP contribution in [-0.4, -0.2) is 35.6 Å². The summed E-state index contributed by atoms with van der Waals surface area (Å²) in [6.45, 7) is -1.20. The van der Waals surface area contributed by atoms with Crippen LogP contribution in [0, 0.1) is 0 Å². The highest BCUT2D eigenvalue weighted by atomic mass is 19.4. The van der Waals surface area contributed by atoms with Crippen LogP contribution in [0.2, 0.25) is 0 Å². The van der Waals surface area contributed by atoms with Gasteiger partial charge in [0, 0.05) is 6.04 Å². The van der Waals surface area contributed by atoms with E-state index in [0.717, 1.165) is 10.5 Å². The predicted molar refractivity (Wildman–Crippen MR) is 73.5 cm³/mol. The van der Waals surface area contributed by atoms with Gasteiger partial charge in [0.2, 0.25) is 5.91 Å². The fraction of sp³-hybridized carbons (Fsp3) is 0.533. The van der Waals surface area contributed by atoms with E-state index in [2.05, 4.69) is 0 Å². The zero-order chi connectivity index (χ0) is 15.5. The molecule has 1 aliphatic carbocycles. The van der Waals surface area contributed by atoms with Crippen molar-refractivity contribution in [2.75, 3.05) is 6.54 Å². The van der Waals surface area contributed by atoms with Crippen molar-refractivity contribution in [3.63, 3.8) is 0 Å². The molecule has 0 unspecified atom stereocenters. The molecule has 2 rings (SSSR count). The Morgan fingerprint density at radius 2 is 1.90 bits per heavy atom. The summed E-state index contributed by atoms with van der Waals surface area (Å²) in [4.78, 5) is 13.0. The number of benzene rings is 1. The number of aryl methyl sites for hydroxylation is 1. The normalized spacial score (nSPS) is 16.6. The van der Waals surface area contributed by atoms with E-state index in [1.165, 1.54) is 0 Å². The number of alkyl halides is 3. The van der Waals surface area contributed by atoms with Crippen molar-refractivity contribution in [1.82, 2.24) is 4.90 Å². The van der Waals surface area contributed by atoms with Crippen LogP contribution in [0.1, 0.15) is 24.8 Å². The second-order valence-corrected chi connectivity index (χ2v) is 5.44. The highest BCUT2D eigenvalue weighted by Crippen LogP contribution is 2.30. The second kappa shape index (κ2) is 6.47. The number of hydrogen-bond donors (Lipinski definition) is 1. The van der Waals surface area contributed by atoms with E-state index in [4.69, 9.17) is 5.73 Å². The second-order valence-electron chi connectivity index (χ2n) is 5.44. The van der Waals surface area contributed by atoms with E-state index >= 15 is 0 Å². The first-order valence-corrected chi connectivity index (χ1v) is 7.03. The summed E-state index contributed by atoms with van der Waals surface area (Å²) in [5, 5.41) is 0. The van der Waals surface area contributed by atoms with Gasteiger partial charge in [-0.05, 0) is 31.2 Å². The maximum absolute atomic E-state index is 12.5. The minimum absolute atomic E-state index is 0.290. The molecule has 0 aliphatic heterocycles. The summed E-state index contributed by atoms with van der Waals surface area (Å²) in [5.41, 5.74) is 6.81. The van der Waals surface area contributed by atoms with E-state index in [0.29, 0.717) is 25.7 Å². The Morgan fingerprint density at radius 1 is 1.29 bits per heavy atom. The van der Waals surface area contributed by atoms with Crippen molar-refractivity contribution in [2.45, 2.75) is 43.9 Å². The average Bonchev–Trinajstić information content (AvgIpc) is 3.26. The molecule has 0 aromatic heterocycles.